The van der Waals surface area contributed by atoms with Crippen molar-refractivity contribution in [1.82, 2.24) is 4.90 Å². The van der Waals surface area contributed by atoms with Crippen molar-refractivity contribution < 1.29 is 4.79 Å². The summed E-state index contributed by atoms with van der Waals surface area (Å²) in [4.78, 5) is 20.1. The number of amides is 1. The van der Waals surface area contributed by atoms with E-state index >= 15 is 0 Å². The third-order valence-corrected chi connectivity index (χ3v) is 4.58. The van der Waals surface area contributed by atoms with Crippen molar-refractivity contribution in [3.63, 3.8) is 0 Å². The molecule has 2 heterocycles. The molecule has 2 aliphatic heterocycles. The van der Waals surface area contributed by atoms with E-state index in [9.17, 15) is 4.79 Å². The fourth-order valence-corrected chi connectivity index (χ4v) is 3.49. The lowest BCUT2D eigenvalue weighted by molar-refractivity contribution is -0.130. The number of piperidine rings is 1. The lowest BCUT2D eigenvalue weighted by Gasteiger charge is -2.28. The molecule has 1 fully saturated rings. The molecule has 0 unspecified atom stereocenters. The monoisotopic (exact) mass is 290 g/mol. The summed E-state index contributed by atoms with van der Waals surface area (Å²) in [5.74, 6) is 1.04. The van der Waals surface area contributed by atoms with Crippen LogP contribution in [0.4, 0.5) is 0 Å². The van der Waals surface area contributed by atoms with Crippen molar-refractivity contribution >= 4 is 11.7 Å². The van der Waals surface area contributed by atoms with Crippen LogP contribution >= 0.6 is 0 Å². The van der Waals surface area contributed by atoms with Gasteiger partial charge in [-0.2, -0.15) is 0 Å². The van der Waals surface area contributed by atoms with Crippen molar-refractivity contribution in [2.75, 3.05) is 6.54 Å². The van der Waals surface area contributed by atoms with Gasteiger partial charge in [-0.1, -0.05) is 60.7 Å². The van der Waals surface area contributed by atoms with Crippen molar-refractivity contribution in [3.05, 3.63) is 71.8 Å². The second kappa shape index (κ2) is 5.09. The summed E-state index contributed by atoms with van der Waals surface area (Å²) in [6, 6.07) is 19.9. The van der Waals surface area contributed by atoms with Crippen LogP contribution in [0.2, 0.25) is 0 Å². The van der Waals surface area contributed by atoms with Gasteiger partial charge in [-0.3, -0.25) is 9.69 Å². The van der Waals surface area contributed by atoms with Crippen molar-refractivity contribution in [2.24, 2.45) is 4.99 Å². The van der Waals surface area contributed by atoms with Gasteiger partial charge >= 0.3 is 0 Å². The Morgan fingerprint density at radius 1 is 0.864 bits per heavy atom. The molecule has 0 atom stereocenters. The Balaban J connectivity index is 1.95. The molecule has 2 aromatic rings. The van der Waals surface area contributed by atoms with Crippen LogP contribution in [-0.4, -0.2) is 23.2 Å². The van der Waals surface area contributed by atoms with Gasteiger partial charge in [-0.05, 0) is 24.0 Å². The first-order valence-electron chi connectivity index (χ1n) is 7.84. The maximum absolute atomic E-state index is 13.3. The molecule has 3 heteroatoms. The van der Waals surface area contributed by atoms with E-state index in [0.717, 1.165) is 42.8 Å². The SMILES string of the molecule is O=C1N2CCCCC2=NC1(c1ccccc1)c1ccccc1. The number of carbonyl (C=O) groups excluding carboxylic acids is 1. The number of amidine groups is 1. The van der Waals surface area contributed by atoms with Crippen LogP contribution in [0.1, 0.15) is 30.4 Å². The van der Waals surface area contributed by atoms with Crippen LogP contribution in [0.25, 0.3) is 0 Å². The summed E-state index contributed by atoms with van der Waals surface area (Å²) < 4.78 is 0. The topological polar surface area (TPSA) is 32.7 Å². The van der Waals surface area contributed by atoms with E-state index in [1.54, 1.807) is 0 Å². The molecular weight excluding hydrogens is 272 g/mol. The lowest BCUT2D eigenvalue weighted by atomic mass is 9.83. The standard InChI is InChI=1S/C19H18N2O/c22-18-19(15-9-3-1-4-10-15,16-11-5-2-6-12-16)20-17-13-7-8-14-21(17)18/h1-6,9-12H,7-8,13-14H2. The zero-order valence-corrected chi connectivity index (χ0v) is 12.4. The second-order valence-electron chi connectivity index (χ2n) is 5.88. The van der Waals surface area contributed by atoms with Gasteiger partial charge in [0.05, 0.1) is 0 Å². The predicted octanol–water partition coefficient (Wildman–Crippen LogP) is 3.35. The van der Waals surface area contributed by atoms with E-state index < -0.39 is 5.54 Å². The molecule has 3 nitrogen and oxygen atoms in total. The number of hydrogen-bond acceptors (Lipinski definition) is 2. The molecule has 2 aromatic carbocycles. The average molecular weight is 290 g/mol. The lowest BCUT2D eigenvalue weighted by Crippen LogP contribution is -2.43. The highest BCUT2D eigenvalue weighted by atomic mass is 16.2. The number of rotatable bonds is 2. The summed E-state index contributed by atoms with van der Waals surface area (Å²) in [5.41, 5.74) is 1.00. The Morgan fingerprint density at radius 3 is 2.00 bits per heavy atom. The van der Waals surface area contributed by atoms with E-state index in [-0.39, 0.29) is 5.91 Å². The Hall–Kier alpha value is -2.42. The molecule has 0 spiro atoms. The molecule has 0 bridgehead atoms. The Morgan fingerprint density at radius 2 is 1.45 bits per heavy atom. The summed E-state index contributed by atoms with van der Waals surface area (Å²) in [7, 11) is 0. The van der Waals surface area contributed by atoms with Crippen LogP contribution in [0.5, 0.6) is 0 Å². The zero-order valence-electron chi connectivity index (χ0n) is 12.4. The minimum absolute atomic E-state index is 0.0969. The minimum atomic E-state index is -0.901. The van der Waals surface area contributed by atoms with Gasteiger partial charge in [0.25, 0.3) is 5.91 Å². The first-order chi connectivity index (χ1) is 10.8. The van der Waals surface area contributed by atoms with Gasteiger partial charge < -0.3 is 0 Å². The molecule has 0 aromatic heterocycles. The van der Waals surface area contributed by atoms with Gasteiger partial charge in [-0.15, -0.1) is 0 Å². The summed E-state index contributed by atoms with van der Waals surface area (Å²) in [6.07, 6.45) is 3.07. The summed E-state index contributed by atoms with van der Waals surface area (Å²) >= 11 is 0. The highest BCUT2D eigenvalue weighted by Gasteiger charge is 2.50. The molecule has 0 aliphatic carbocycles. The van der Waals surface area contributed by atoms with Crippen molar-refractivity contribution in [2.45, 2.75) is 24.8 Å². The van der Waals surface area contributed by atoms with E-state index in [2.05, 4.69) is 0 Å². The molecule has 1 saturated heterocycles. The first kappa shape index (κ1) is 13.3. The maximum atomic E-state index is 13.3. The maximum Gasteiger partial charge on any atom is 0.265 e. The van der Waals surface area contributed by atoms with Crippen molar-refractivity contribution in [3.8, 4) is 0 Å². The van der Waals surface area contributed by atoms with Crippen LogP contribution in [-0.2, 0) is 10.3 Å². The van der Waals surface area contributed by atoms with Crippen LogP contribution in [0.3, 0.4) is 0 Å². The highest BCUT2D eigenvalue weighted by molar-refractivity contribution is 6.10. The molecule has 0 N–H and O–H groups in total. The average Bonchev–Trinajstić information content (AvgIpc) is 2.91. The molecule has 1 amide bonds. The normalized spacial score (nSPS) is 19.7. The Labute approximate surface area is 130 Å². The van der Waals surface area contributed by atoms with Crippen molar-refractivity contribution in [1.29, 1.82) is 0 Å². The summed E-state index contributed by atoms with van der Waals surface area (Å²) in [6.45, 7) is 0.791. The number of nitrogens with zero attached hydrogens (tertiary/aromatic N) is 2. The first-order valence-corrected chi connectivity index (χ1v) is 7.84. The third-order valence-electron chi connectivity index (χ3n) is 4.58. The molecule has 22 heavy (non-hydrogen) atoms. The fourth-order valence-electron chi connectivity index (χ4n) is 3.49. The Bertz CT molecular complexity index is 682. The van der Waals surface area contributed by atoms with Gasteiger partial charge in [-0.25, -0.2) is 4.99 Å². The zero-order chi connectivity index (χ0) is 15.0. The number of hydrogen-bond donors (Lipinski definition) is 0. The molecular formula is C19H18N2O. The van der Waals surface area contributed by atoms with E-state index in [1.165, 1.54) is 0 Å². The summed E-state index contributed by atoms with van der Waals surface area (Å²) in [5, 5.41) is 0. The van der Waals surface area contributed by atoms with Crippen LogP contribution in [0.15, 0.2) is 65.7 Å². The van der Waals surface area contributed by atoms with Crippen LogP contribution < -0.4 is 0 Å². The van der Waals surface area contributed by atoms with E-state index in [0.29, 0.717) is 0 Å². The quantitative estimate of drug-likeness (QED) is 0.834. The smallest absolute Gasteiger partial charge is 0.265 e. The number of benzene rings is 2. The minimum Gasteiger partial charge on any atom is -0.298 e. The van der Waals surface area contributed by atoms with E-state index in [4.69, 9.17) is 4.99 Å². The number of aliphatic imine (C=N–C) groups is 1. The van der Waals surface area contributed by atoms with Crippen LogP contribution in [0, 0.1) is 0 Å². The Kier molecular flexibility index (Phi) is 3.07. The number of carbonyl (C=O) groups is 1. The van der Waals surface area contributed by atoms with Gasteiger partial charge in [0, 0.05) is 13.0 Å². The number of fused-ring (bicyclic) bond motifs is 1. The molecule has 4 rings (SSSR count). The predicted molar refractivity (Wildman–Crippen MR) is 86.7 cm³/mol. The fraction of sp³-hybridized carbons (Fsp3) is 0.263. The highest BCUT2D eigenvalue weighted by Crippen LogP contribution is 2.41. The van der Waals surface area contributed by atoms with Gasteiger partial charge in [0.1, 0.15) is 5.84 Å². The molecule has 110 valence electrons. The molecule has 0 saturated carbocycles. The molecule has 0 radical (unpaired) electrons. The molecule has 2 aliphatic rings. The van der Waals surface area contributed by atoms with E-state index in [1.807, 2.05) is 65.6 Å². The largest absolute Gasteiger partial charge is 0.298 e. The van der Waals surface area contributed by atoms with Gasteiger partial charge in [0.2, 0.25) is 0 Å². The second-order valence-corrected chi connectivity index (χ2v) is 5.88. The van der Waals surface area contributed by atoms with Gasteiger partial charge in [0.15, 0.2) is 5.54 Å². The third kappa shape index (κ3) is 1.82.